The zero-order chi connectivity index (χ0) is 35.8. The number of fused-ring (bicyclic) bond motifs is 5. The van der Waals surface area contributed by atoms with E-state index >= 15 is 0 Å². The number of para-hydroxylation sites is 1. The molecule has 2 heterocycles. The molecule has 8 rings (SSSR count). The van der Waals surface area contributed by atoms with E-state index in [1.807, 2.05) is 72.8 Å². The summed E-state index contributed by atoms with van der Waals surface area (Å²) in [5.41, 5.74) is 9.16. The van der Waals surface area contributed by atoms with Crippen LogP contribution in [0.4, 0.5) is 11.4 Å². The number of hydrogen-bond acceptors (Lipinski definition) is 6. The molecule has 52 heavy (non-hydrogen) atoms. The molecule has 0 aliphatic carbocycles. The molecular weight excluding hydrogens is 641 g/mol. The third kappa shape index (κ3) is 5.18. The summed E-state index contributed by atoms with van der Waals surface area (Å²) in [6.07, 6.45) is 0. The van der Waals surface area contributed by atoms with Crippen LogP contribution in [0.3, 0.4) is 0 Å². The van der Waals surface area contributed by atoms with Crippen molar-refractivity contribution in [2.75, 3.05) is 0 Å². The second-order valence-corrected chi connectivity index (χ2v) is 11.9. The van der Waals surface area contributed by atoms with Crippen LogP contribution < -0.4 is 0 Å². The van der Waals surface area contributed by atoms with Crippen molar-refractivity contribution in [1.29, 1.82) is 15.8 Å². The largest absolute Gasteiger partial charge is 0.248 e. The highest BCUT2D eigenvalue weighted by atomic mass is 14.8. The third-order valence-electron chi connectivity index (χ3n) is 8.94. The number of pyridine rings is 1. The Labute approximate surface area is 298 Å². The first-order valence-electron chi connectivity index (χ1n) is 16.0. The predicted octanol–water partition coefficient (Wildman–Crippen LogP) is 10.7. The topological polar surface area (TPSA) is 119 Å². The molecule has 0 aliphatic rings. The Balaban J connectivity index is 1.51. The molecule has 0 saturated carbocycles. The normalized spacial score (nSPS) is 10.6. The van der Waals surface area contributed by atoms with E-state index in [9.17, 15) is 15.8 Å². The highest BCUT2D eigenvalue weighted by Crippen LogP contribution is 2.45. The van der Waals surface area contributed by atoms with Gasteiger partial charge in [0.05, 0.1) is 81.7 Å². The monoisotopic (exact) mass is 660 g/mol. The van der Waals surface area contributed by atoms with E-state index in [1.165, 1.54) is 0 Å². The van der Waals surface area contributed by atoms with Crippen LogP contribution >= 0.6 is 0 Å². The summed E-state index contributed by atoms with van der Waals surface area (Å²) in [6, 6.07) is 42.9. The van der Waals surface area contributed by atoms with Gasteiger partial charge in [0.25, 0.3) is 0 Å². The minimum absolute atomic E-state index is 0.337. The van der Waals surface area contributed by atoms with Crippen molar-refractivity contribution in [2.45, 2.75) is 0 Å². The molecule has 0 N–H and O–H groups in total. The van der Waals surface area contributed by atoms with E-state index in [0.717, 1.165) is 27.6 Å². The molecule has 8 nitrogen and oxygen atoms in total. The fourth-order valence-electron chi connectivity index (χ4n) is 6.58. The van der Waals surface area contributed by atoms with Crippen LogP contribution in [0.2, 0.25) is 0 Å². The van der Waals surface area contributed by atoms with Crippen LogP contribution in [-0.4, -0.2) is 15.0 Å². The Morgan fingerprint density at radius 2 is 1.08 bits per heavy atom. The van der Waals surface area contributed by atoms with Gasteiger partial charge in [-0.15, -0.1) is 0 Å². The molecule has 0 spiro atoms. The molecule has 8 aromatic rings. The number of nitriles is 3. The molecule has 2 aromatic heterocycles. The number of benzene rings is 6. The molecular formula is C44H20N8. The van der Waals surface area contributed by atoms with Gasteiger partial charge in [-0.1, -0.05) is 78.9 Å². The lowest BCUT2D eigenvalue weighted by molar-refractivity contribution is 1.30. The summed E-state index contributed by atoms with van der Waals surface area (Å²) in [4.78, 5) is 23.2. The van der Waals surface area contributed by atoms with Crippen molar-refractivity contribution < 1.29 is 0 Å². The first kappa shape index (κ1) is 31.1. The van der Waals surface area contributed by atoms with Gasteiger partial charge in [0.15, 0.2) is 11.4 Å². The van der Waals surface area contributed by atoms with E-state index in [0.29, 0.717) is 78.0 Å². The van der Waals surface area contributed by atoms with Crippen molar-refractivity contribution in [2.24, 2.45) is 0 Å². The van der Waals surface area contributed by atoms with Gasteiger partial charge < -0.3 is 0 Å². The third-order valence-corrected chi connectivity index (χ3v) is 8.94. The van der Waals surface area contributed by atoms with Gasteiger partial charge in [-0.05, 0) is 59.2 Å². The van der Waals surface area contributed by atoms with Gasteiger partial charge in [0.2, 0.25) is 0 Å². The summed E-state index contributed by atoms with van der Waals surface area (Å²) in [6.45, 7) is 15.8. The predicted molar refractivity (Wildman–Crippen MR) is 201 cm³/mol. The van der Waals surface area contributed by atoms with Gasteiger partial charge in [-0.25, -0.2) is 24.6 Å². The van der Waals surface area contributed by atoms with E-state index in [2.05, 4.69) is 27.9 Å². The Morgan fingerprint density at radius 1 is 0.481 bits per heavy atom. The first-order valence-corrected chi connectivity index (χ1v) is 16.0. The number of hydrogen-bond donors (Lipinski definition) is 0. The first-order chi connectivity index (χ1) is 25.5. The number of nitrogens with zero attached hydrogens (tertiary/aromatic N) is 8. The zero-order valence-electron chi connectivity index (χ0n) is 27.1. The van der Waals surface area contributed by atoms with Gasteiger partial charge in [0, 0.05) is 27.3 Å². The highest BCUT2D eigenvalue weighted by molar-refractivity contribution is 6.25. The molecule has 0 atom stereocenters. The van der Waals surface area contributed by atoms with E-state index in [1.54, 1.807) is 48.5 Å². The lowest BCUT2D eigenvalue weighted by Crippen LogP contribution is -1.99. The second kappa shape index (κ2) is 12.7. The molecule has 0 aliphatic heterocycles. The minimum Gasteiger partial charge on any atom is -0.248 e. The van der Waals surface area contributed by atoms with Gasteiger partial charge in [-0.3, -0.25) is 0 Å². The molecule has 0 amide bonds. The van der Waals surface area contributed by atoms with Gasteiger partial charge in [-0.2, -0.15) is 15.8 Å². The average molecular weight is 661 g/mol. The molecule has 236 valence electrons. The zero-order valence-corrected chi connectivity index (χ0v) is 27.1. The molecule has 8 heteroatoms. The van der Waals surface area contributed by atoms with Crippen LogP contribution in [-0.2, 0) is 0 Å². The van der Waals surface area contributed by atoms with Crippen LogP contribution in [0.1, 0.15) is 16.7 Å². The molecule has 0 bridgehead atoms. The maximum Gasteiger partial charge on any atom is 0.199 e. The summed E-state index contributed by atoms with van der Waals surface area (Å²) in [5, 5.41) is 31.1. The van der Waals surface area contributed by atoms with Crippen LogP contribution in [0.5, 0.6) is 0 Å². The van der Waals surface area contributed by atoms with Crippen molar-refractivity contribution in [1.82, 2.24) is 15.0 Å². The Kier molecular flexibility index (Phi) is 7.57. The lowest BCUT2D eigenvalue weighted by Gasteiger charge is -2.18. The van der Waals surface area contributed by atoms with E-state index < -0.39 is 0 Å². The quantitative estimate of drug-likeness (QED) is 0.137. The van der Waals surface area contributed by atoms with Crippen molar-refractivity contribution >= 4 is 44.1 Å². The Hall–Kier alpha value is -8.22. The van der Waals surface area contributed by atoms with Crippen LogP contribution in [0, 0.1) is 47.1 Å². The highest BCUT2D eigenvalue weighted by Gasteiger charge is 2.23. The van der Waals surface area contributed by atoms with Gasteiger partial charge in [0.1, 0.15) is 0 Å². The molecule has 0 radical (unpaired) electrons. The molecule has 0 fully saturated rings. The fraction of sp³-hybridized carbons (Fsp3) is 0. The van der Waals surface area contributed by atoms with Crippen LogP contribution in [0.25, 0.3) is 87.3 Å². The van der Waals surface area contributed by atoms with Crippen LogP contribution in [0.15, 0.2) is 121 Å². The maximum atomic E-state index is 9.75. The number of aromatic nitrogens is 3. The second-order valence-electron chi connectivity index (χ2n) is 11.9. The fourth-order valence-corrected chi connectivity index (χ4v) is 6.58. The van der Waals surface area contributed by atoms with E-state index in [-0.39, 0.29) is 0 Å². The molecule has 6 aromatic carbocycles. The van der Waals surface area contributed by atoms with E-state index in [4.69, 9.17) is 28.1 Å². The maximum absolute atomic E-state index is 9.75. The Morgan fingerprint density at radius 3 is 1.73 bits per heavy atom. The summed E-state index contributed by atoms with van der Waals surface area (Å²) < 4.78 is 0. The molecule has 0 saturated heterocycles. The summed E-state index contributed by atoms with van der Waals surface area (Å²) >= 11 is 0. The standard InChI is InChI=1S/C44H20N8/c1-48-32-17-15-30(16-18-32)41-42(29-13-11-26(23-45)12-14-29)52-44-38(51-41)22-37(49-2)40-39(44)35-9-5-6-10-36(35)50-43(40)34-8-4-3-7-33(34)31-20-27(24-46)19-28(21-31)25-47/h3-22H. The summed E-state index contributed by atoms with van der Waals surface area (Å²) in [5.74, 6) is 0. The van der Waals surface area contributed by atoms with Crippen molar-refractivity contribution in [3.8, 4) is 63.1 Å². The van der Waals surface area contributed by atoms with Crippen molar-refractivity contribution in [3.63, 3.8) is 0 Å². The minimum atomic E-state index is 0.337. The molecule has 0 unspecified atom stereocenters. The average Bonchev–Trinajstić information content (AvgIpc) is 3.22. The Bertz CT molecular complexity index is 2970. The SMILES string of the molecule is [C-]#[N+]c1ccc(-c2nc3cc([N+]#[C-])c4c(-c5ccccc5-c5cc(C#N)cc(C#N)c5)nc5ccccc5c4c3nc2-c2ccc(C#N)cc2)cc1. The number of rotatable bonds is 4. The smallest absolute Gasteiger partial charge is 0.199 e. The summed E-state index contributed by atoms with van der Waals surface area (Å²) in [7, 11) is 0. The van der Waals surface area contributed by atoms with Crippen molar-refractivity contribution in [3.05, 3.63) is 161 Å². The van der Waals surface area contributed by atoms with Gasteiger partial charge >= 0.3 is 0 Å². The lowest BCUT2D eigenvalue weighted by atomic mass is 9.91.